The Kier molecular flexibility index (Phi) is 8.89. The van der Waals surface area contributed by atoms with Crippen LogP contribution in [0.3, 0.4) is 0 Å². The minimum Gasteiger partial charge on any atom is -0.497 e. The van der Waals surface area contributed by atoms with Crippen molar-refractivity contribution in [3.05, 3.63) is 65.2 Å². The topological polar surface area (TPSA) is 61.9 Å². The lowest BCUT2D eigenvalue weighted by atomic mass is 9.79. The number of carbonyl (C=O) groups is 2. The molecular weight excluding hydrogens is 414 g/mol. The molecule has 0 aromatic heterocycles. The number of benzene rings is 2. The predicted octanol–water partition coefficient (Wildman–Crippen LogP) is 4.23. The van der Waals surface area contributed by atoms with Crippen LogP contribution in [0.2, 0.25) is 0 Å². The van der Waals surface area contributed by atoms with Gasteiger partial charge in [0, 0.05) is 19.2 Å². The number of hydrogen-bond donors (Lipinski definition) is 1. The van der Waals surface area contributed by atoms with Crippen molar-refractivity contribution in [3.8, 4) is 5.75 Å². The number of ether oxygens (including phenoxy) is 1. The first-order valence-electron chi connectivity index (χ1n) is 12.0. The van der Waals surface area contributed by atoms with Crippen molar-refractivity contribution < 1.29 is 14.3 Å². The van der Waals surface area contributed by atoms with Gasteiger partial charge in [0.1, 0.15) is 5.75 Å². The van der Waals surface area contributed by atoms with Gasteiger partial charge in [-0.05, 0) is 68.2 Å². The Bertz CT molecular complexity index is 922. The number of methoxy groups -OCH3 is 1. The van der Waals surface area contributed by atoms with E-state index in [1.165, 1.54) is 0 Å². The van der Waals surface area contributed by atoms with E-state index in [1.807, 2.05) is 48.5 Å². The van der Waals surface area contributed by atoms with Crippen LogP contribution in [-0.4, -0.2) is 62.0 Å². The van der Waals surface area contributed by atoms with E-state index in [0.29, 0.717) is 12.1 Å². The third-order valence-corrected chi connectivity index (χ3v) is 6.35. The molecular formula is C27H37N3O3. The summed E-state index contributed by atoms with van der Waals surface area (Å²) in [7, 11) is 3.40. The molecule has 178 valence electrons. The second kappa shape index (κ2) is 11.8. The van der Waals surface area contributed by atoms with Crippen LogP contribution in [-0.2, 0) is 4.79 Å². The Labute approximate surface area is 197 Å². The Balaban J connectivity index is 1.81. The summed E-state index contributed by atoms with van der Waals surface area (Å²) in [5.74, 6) is 0.165. The Morgan fingerprint density at radius 3 is 2.33 bits per heavy atom. The third-order valence-electron chi connectivity index (χ3n) is 6.35. The molecule has 2 aromatic rings. The van der Waals surface area contributed by atoms with Gasteiger partial charge in [-0.3, -0.25) is 9.59 Å². The van der Waals surface area contributed by atoms with Crippen LogP contribution >= 0.6 is 0 Å². The fourth-order valence-corrected chi connectivity index (χ4v) is 4.77. The fourth-order valence-electron chi connectivity index (χ4n) is 4.77. The zero-order valence-electron chi connectivity index (χ0n) is 20.3. The molecule has 6 heteroatoms. The van der Waals surface area contributed by atoms with Crippen molar-refractivity contribution in [2.24, 2.45) is 0 Å². The number of rotatable bonds is 11. The normalized spacial score (nSPS) is 17.7. The van der Waals surface area contributed by atoms with E-state index < -0.39 is 5.92 Å². The maximum atomic E-state index is 13.5. The van der Waals surface area contributed by atoms with Crippen molar-refractivity contribution in [2.75, 3.05) is 40.3 Å². The highest BCUT2D eigenvalue weighted by Crippen LogP contribution is 2.42. The van der Waals surface area contributed by atoms with Gasteiger partial charge in [0.05, 0.1) is 19.1 Å². The molecule has 1 aliphatic heterocycles. The van der Waals surface area contributed by atoms with Gasteiger partial charge in [0.15, 0.2) is 0 Å². The van der Waals surface area contributed by atoms with E-state index in [-0.39, 0.29) is 17.9 Å². The zero-order valence-corrected chi connectivity index (χ0v) is 20.3. The van der Waals surface area contributed by atoms with Crippen LogP contribution in [0, 0.1) is 0 Å². The average molecular weight is 452 g/mol. The molecule has 2 amide bonds. The molecule has 1 N–H and O–H groups in total. The van der Waals surface area contributed by atoms with Crippen LogP contribution in [0.25, 0.3) is 0 Å². The van der Waals surface area contributed by atoms with Crippen LogP contribution in [0.5, 0.6) is 5.75 Å². The summed E-state index contributed by atoms with van der Waals surface area (Å²) in [4.78, 5) is 30.8. The van der Waals surface area contributed by atoms with Crippen LogP contribution < -0.4 is 10.1 Å². The van der Waals surface area contributed by atoms with Gasteiger partial charge in [0.2, 0.25) is 5.91 Å². The molecule has 0 saturated heterocycles. The van der Waals surface area contributed by atoms with Crippen molar-refractivity contribution in [2.45, 2.75) is 45.1 Å². The monoisotopic (exact) mass is 451 g/mol. The van der Waals surface area contributed by atoms with Gasteiger partial charge in [-0.2, -0.15) is 0 Å². The van der Waals surface area contributed by atoms with Gasteiger partial charge in [-0.1, -0.05) is 44.2 Å². The predicted molar refractivity (Wildman–Crippen MR) is 132 cm³/mol. The molecule has 0 radical (unpaired) electrons. The van der Waals surface area contributed by atoms with Gasteiger partial charge in [-0.25, -0.2) is 0 Å². The lowest BCUT2D eigenvalue weighted by Crippen LogP contribution is -2.46. The molecule has 0 bridgehead atoms. The summed E-state index contributed by atoms with van der Waals surface area (Å²) < 4.78 is 5.29. The summed E-state index contributed by atoms with van der Waals surface area (Å²) in [6.45, 7) is 8.16. The molecule has 2 atom stereocenters. The number of hydrogen-bond acceptors (Lipinski definition) is 4. The Morgan fingerprint density at radius 2 is 1.70 bits per heavy atom. The van der Waals surface area contributed by atoms with Gasteiger partial charge < -0.3 is 19.9 Å². The minimum absolute atomic E-state index is 0.0415. The molecule has 1 aliphatic rings. The van der Waals surface area contributed by atoms with E-state index in [9.17, 15) is 9.59 Å². The molecule has 1 heterocycles. The summed E-state index contributed by atoms with van der Waals surface area (Å²) in [5.41, 5.74) is 2.30. The summed E-state index contributed by atoms with van der Waals surface area (Å²) in [6, 6.07) is 14.7. The first-order valence-corrected chi connectivity index (χ1v) is 12.0. The largest absolute Gasteiger partial charge is 0.497 e. The van der Waals surface area contributed by atoms with E-state index in [4.69, 9.17) is 4.74 Å². The summed E-state index contributed by atoms with van der Waals surface area (Å²) >= 11 is 0. The Morgan fingerprint density at radius 1 is 1.03 bits per heavy atom. The molecule has 0 aliphatic carbocycles. The molecule has 0 spiro atoms. The smallest absolute Gasteiger partial charge is 0.254 e. The molecule has 0 fully saturated rings. The second-order valence-electron chi connectivity index (χ2n) is 8.69. The number of fused-ring (bicyclic) bond motifs is 1. The van der Waals surface area contributed by atoms with Crippen molar-refractivity contribution in [1.82, 2.24) is 15.1 Å². The number of amides is 2. The first-order chi connectivity index (χ1) is 16.0. The van der Waals surface area contributed by atoms with E-state index in [1.54, 1.807) is 19.1 Å². The number of nitrogens with zero attached hydrogens (tertiary/aromatic N) is 2. The molecule has 3 rings (SSSR count). The highest BCUT2D eigenvalue weighted by molar-refractivity contribution is 6.01. The highest BCUT2D eigenvalue weighted by Gasteiger charge is 2.42. The zero-order chi connectivity index (χ0) is 23.8. The molecule has 0 saturated carbocycles. The number of carbonyl (C=O) groups excluding carboxylic acids is 2. The number of nitrogens with one attached hydrogen (secondary N) is 1. The van der Waals surface area contributed by atoms with Gasteiger partial charge >= 0.3 is 0 Å². The lowest BCUT2D eigenvalue weighted by molar-refractivity contribution is -0.124. The minimum atomic E-state index is -0.473. The Hall–Kier alpha value is -2.86. The maximum absolute atomic E-state index is 13.5. The summed E-state index contributed by atoms with van der Waals surface area (Å²) in [5, 5.41) is 3.16. The van der Waals surface area contributed by atoms with E-state index in [2.05, 4.69) is 24.1 Å². The van der Waals surface area contributed by atoms with Gasteiger partial charge in [0.25, 0.3) is 5.91 Å². The first kappa shape index (κ1) is 24.8. The molecule has 6 nitrogen and oxygen atoms in total. The molecule has 0 unspecified atom stereocenters. The molecule has 33 heavy (non-hydrogen) atoms. The summed E-state index contributed by atoms with van der Waals surface area (Å²) in [6.07, 6.45) is 3.17. The third kappa shape index (κ3) is 5.74. The van der Waals surface area contributed by atoms with E-state index in [0.717, 1.165) is 55.8 Å². The standard InChI is InChI=1S/C27H37N3O3/c1-5-17-30(18-6-2)19-9-16-28-26(31)24-22-10-7-8-11-23(22)27(32)29(3)25(24)20-12-14-21(33-4)15-13-20/h7-8,10-15,24-25H,5-6,9,16-19H2,1-4H3,(H,28,31)/t24-,25-/m0/s1. The highest BCUT2D eigenvalue weighted by atomic mass is 16.5. The van der Waals surface area contributed by atoms with Crippen molar-refractivity contribution in [1.29, 1.82) is 0 Å². The van der Waals surface area contributed by atoms with Crippen LogP contribution in [0.4, 0.5) is 0 Å². The SMILES string of the molecule is CCCN(CCC)CCCNC(=O)[C@H]1c2ccccc2C(=O)N(C)[C@H]1c1ccc(OC)cc1. The maximum Gasteiger partial charge on any atom is 0.254 e. The average Bonchev–Trinajstić information content (AvgIpc) is 2.84. The van der Waals surface area contributed by atoms with E-state index >= 15 is 0 Å². The quantitative estimate of drug-likeness (QED) is 0.519. The van der Waals surface area contributed by atoms with Crippen LogP contribution in [0.1, 0.15) is 66.6 Å². The molecule has 2 aromatic carbocycles. The van der Waals surface area contributed by atoms with Crippen LogP contribution in [0.15, 0.2) is 48.5 Å². The fraction of sp³-hybridized carbons (Fsp3) is 0.481. The lowest BCUT2D eigenvalue weighted by Gasteiger charge is -2.39. The number of likely N-dealkylation sites (N-methyl/N-ethyl adjacent to an activating group) is 1. The van der Waals surface area contributed by atoms with Crippen molar-refractivity contribution >= 4 is 11.8 Å². The van der Waals surface area contributed by atoms with Crippen molar-refractivity contribution in [3.63, 3.8) is 0 Å². The second-order valence-corrected chi connectivity index (χ2v) is 8.69. The van der Waals surface area contributed by atoms with Gasteiger partial charge in [-0.15, -0.1) is 0 Å².